The first-order chi connectivity index (χ1) is 20.4. The maximum absolute atomic E-state index is 13.1. The zero-order valence-electron chi connectivity index (χ0n) is 23.0. The van der Waals surface area contributed by atoms with Crippen LogP contribution in [0.1, 0.15) is 28.4 Å². The lowest BCUT2D eigenvalue weighted by Gasteiger charge is -2.11. The van der Waals surface area contributed by atoms with Crippen LogP contribution in [0.3, 0.4) is 0 Å². The smallest absolute Gasteiger partial charge is 0.308 e. The van der Waals surface area contributed by atoms with Gasteiger partial charge in [-0.25, -0.2) is 9.50 Å². The Labute approximate surface area is 244 Å². The van der Waals surface area contributed by atoms with E-state index in [1.54, 1.807) is 61.3 Å². The molecule has 6 rings (SSSR count). The molecule has 0 aliphatic carbocycles. The minimum Gasteiger partial charge on any atom is -0.496 e. The molecule has 0 spiro atoms. The van der Waals surface area contributed by atoms with Crippen molar-refractivity contribution < 1.29 is 33.0 Å². The SMILES string of the molecule is COc1cc(OCc2cccc(CC(=O)c3ccccc3OC(C)=O)c2)c2cc(-c3cn4nc(OC)sc4n3)oc2c1. The predicted octanol–water partition coefficient (Wildman–Crippen LogP) is 6.15. The van der Waals surface area contributed by atoms with Crippen LogP contribution in [0, 0.1) is 0 Å². The zero-order chi connectivity index (χ0) is 29.2. The first-order valence-corrected chi connectivity index (χ1v) is 13.7. The van der Waals surface area contributed by atoms with Gasteiger partial charge in [0.25, 0.3) is 5.19 Å². The van der Waals surface area contributed by atoms with Crippen LogP contribution in [-0.2, 0) is 17.8 Å². The number of esters is 1. The van der Waals surface area contributed by atoms with E-state index in [9.17, 15) is 9.59 Å². The molecule has 42 heavy (non-hydrogen) atoms. The van der Waals surface area contributed by atoms with Crippen molar-refractivity contribution in [3.05, 3.63) is 89.6 Å². The van der Waals surface area contributed by atoms with E-state index >= 15 is 0 Å². The van der Waals surface area contributed by atoms with Gasteiger partial charge in [0.05, 0.1) is 31.4 Å². The highest BCUT2D eigenvalue weighted by Gasteiger charge is 2.18. The average Bonchev–Trinajstić information content (AvgIpc) is 3.69. The fourth-order valence-corrected chi connectivity index (χ4v) is 5.24. The van der Waals surface area contributed by atoms with Gasteiger partial charge in [-0.15, -0.1) is 5.10 Å². The molecule has 0 aliphatic heterocycles. The molecule has 3 aromatic heterocycles. The number of furan rings is 1. The maximum atomic E-state index is 13.1. The molecule has 0 atom stereocenters. The van der Waals surface area contributed by atoms with Gasteiger partial charge in [0.15, 0.2) is 11.5 Å². The molecule has 0 bridgehead atoms. The summed E-state index contributed by atoms with van der Waals surface area (Å²) < 4.78 is 29.9. The third kappa shape index (κ3) is 5.54. The molecule has 0 saturated carbocycles. The van der Waals surface area contributed by atoms with E-state index in [1.165, 1.54) is 18.3 Å². The Morgan fingerprint density at radius 1 is 0.952 bits per heavy atom. The van der Waals surface area contributed by atoms with Gasteiger partial charge in [-0.05, 0) is 40.7 Å². The quantitative estimate of drug-likeness (QED) is 0.106. The highest BCUT2D eigenvalue weighted by Crippen LogP contribution is 2.37. The van der Waals surface area contributed by atoms with Gasteiger partial charge in [0, 0.05) is 25.5 Å². The number of ether oxygens (including phenoxy) is 4. The number of Topliss-reactive ketones (excluding diaryl/α,β-unsaturated/α-hetero) is 1. The van der Waals surface area contributed by atoms with Crippen molar-refractivity contribution in [3.63, 3.8) is 0 Å². The third-order valence-corrected chi connectivity index (χ3v) is 7.34. The molecule has 0 unspecified atom stereocenters. The molecule has 0 saturated heterocycles. The van der Waals surface area contributed by atoms with Gasteiger partial charge in [0.1, 0.15) is 35.1 Å². The Bertz CT molecular complexity index is 1910. The standard InChI is InChI=1S/C31H25N3O7S/c1-18(35)40-26-10-5-4-9-22(26)25(36)12-19-7-6-8-20(11-19)17-39-27-13-21(37-2)14-28-23(27)15-29(41-28)24-16-34-30(32-24)42-31(33-34)38-3/h4-11,13-16H,12,17H2,1-3H3. The topological polar surface area (TPSA) is 114 Å². The number of aromatic nitrogens is 3. The van der Waals surface area contributed by atoms with E-state index in [4.69, 9.17) is 23.4 Å². The Hall–Kier alpha value is -5.16. The highest BCUT2D eigenvalue weighted by atomic mass is 32.1. The zero-order valence-corrected chi connectivity index (χ0v) is 23.8. The van der Waals surface area contributed by atoms with E-state index < -0.39 is 5.97 Å². The van der Waals surface area contributed by atoms with Crippen molar-refractivity contribution in [1.82, 2.24) is 14.6 Å². The molecule has 0 fully saturated rings. The van der Waals surface area contributed by atoms with Crippen LogP contribution in [0.2, 0.25) is 0 Å². The minimum atomic E-state index is -0.479. The van der Waals surface area contributed by atoms with Crippen LogP contribution in [0.15, 0.2) is 77.3 Å². The summed E-state index contributed by atoms with van der Waals surface area (Å²) in [5, 5.41) is 5.61. The van der Waals surface area contributed by atoms with E-state index in [2.05, 4.69) is 10.1 Å². The van der Waals surface area contributed by atoms with E-state index in [0.29, 0.717) is 44.3 Å². The van der Waals surface area contributed by atoms with Gasteiger partial charge in [-0.2, -0.15) is 0 Å². The Kier molecular flexibility index (Phi) is 7.32. The van der Waals surface area contributed by atoms with Crippen molar-refractivity contribution in [1.29, 1.82) is 0 Å². The molecule has 0 aliphatic rings. The van der Waals surface area contributed by atoms with E-state index in [1.807, 2.05) is 30.3 Å². The van der Waals surface area contributed by atoms with Crippen LogP contribution < -0.4 is 18.9 Å². The average molecular weight is 584 g/mol. The van der Waals surface area contributed by atoms with Crippen LogP contribution in [0.4, 0.5) is 0 Å². The van der Waals surface area contributed by atoms with Gasteiger partial charge >= 0.3 is 5.97 Å². The minimum absolute atomic E-state index is 0.142. The Morgan fingerprint density at radius 3 is 2.57 bits per heavy atom. The van der Waals surface area contributed by atoms with Crippen molar-refractivity contribution in [3.8, 4) is 33.9 Å². The Balaban J connectivity index is 1.22. The fourth-order valence-electron chi connectivity index (χ4n) is 4.54. The summed E-state index contributed by atoms with van der Waals surface area (Å²) in [6.45, 7) is 1.55. The molecular weight excluding hydrogens is 558 g/mol. The number of nitrogens with zero attached hydrogens (tertiary/aromatic N) is 3. The van der Waals surface area contributed by atoms with Gasteiger partial charge in [0.2, 0.25) is 4.96 Å². The number of carbonyl (C=O) groups is 2. The molecule has 11 heteroatoms. The lowest BCUT2D eigenvalue weighted by Crippen LogP contribution is -2.09. The monoisotopic (exact) mass is 583 g/mol. The number of methoxy groups -OCH3 is 2. The first kappa shape index (κ1) is 27.0. The summed E-state index contributed by atoms with van der Waals surface area (Å²) in [5.41, 5.74) is 3.27. The summed E-state index contributed by atoms with van der Waals surface area (Å²) in [7, 11) is 3.15. The summed E-state index contributed by atoms with van der Waals surface area (Å²) in [4.78, 5) is 29.8. The van der Waals surface area contributed by atoms with Gasteiger partial charge in [-0.3, -0.25) is 9.59 Å². The maximum Gasteiger partial charge on any atom is 0.308 e. The number of hydrogen-bond acceptors (Lipinski definition) is 10. The second-order valence-electron chi connectivity index (χ2n) is 9.37. The second kappa shape index (κ2) is 11.4. The molecule has 212 valence electrons. The summed E-state index contributed by atoms with van der Waals surface area (Å²) >= 11 is 1.33. The lowest BCUT2D eigenvalue weighted by atomic mass is 10.0. The predicted molar refractivity (Wildman–Crippen MR) is 156 cm³/mol. The highest BCUT2D eigenvalue weighted by molar-refractivity contribution is 7.18. The van der Waals surface area contributed by atoms with Crippen LogP contribution in [0.5, 0.6) is 22.4 Å². The summed E-state index contributed by atoms with van der Waals surface area (Å²) in [5.74, 6) is 1.35. The normalized spacial score (nSPS) is 11.1. The number of fused-ring (bicyclic) bond motifs is 2. The lowest BCUT2D eigenvalue weighted by molar-refractivity contribution is -0.131. The number of rotatable bonds is 10. The third-order valence-electron chi connectivity index (χ3n) is 6.45. The summed E-state index contributed by atoms with van der Waals surface area (Å²) in [6.07, 6.45) is 1.92. The largest absolute Gasteiger partial charge is 0.496 e. The number of para-hydroxylation sites is 1. The first-order valence-electron chi connectivity index (χ1n) is 12.9. The molecule has 0 amide bonds. The molecule has 10 nitrogen and oxygen atoms in total. The molecule has 3 heterocycles. The second-order valence-corrected chi connectivity index (χ2v) is 10.3. The van der Waals surface area contributed by atoms with Crippen molar-refractivity contribution in [2.75, 3.05) is 14.2 Å². The van der Waals surface area contributed by atoms with Gasteiger partial charge in [-0.1, -0.05) is 36.4 Å². The number of hydrogen-bond donors (Lipinski definition) is 0. The van der Waals surface area contributed by atoms with Crippen LogP contribution in [0.25, 0.3) is 27.4 Å². The molecule has 0 radical (unpaired) electrons. The molecular formula is C31H25N3O7S. The molecule has 6 aromatic rings. The molecule has 3 aromatic carbocycles. The molecule has 0 N–H and O–H groups in total. The van der Waals surface area contributed by atoms with E-state index in [0.717, 1.165) is 16.5 Å². The fraction of sp³-hybridized carbons (Fsp3) is 0.161. The number of imidazole rings is 1. The van der Waals surface area contributed by atoms with Gasteiger partial charge < -0.3 is 23.4 Å². The number of ketones is 1. The van der Waals surface area contributed by atoms with Crippen LogP contribution in [-0.4, -0.2) is 40.6 Å². The van der Waals surface area contributed by atoms with Crippen molar-refractivity contribution in [2.45, 2.75) is 20.0 Å². The Morgan fingerprint density at radius 2 is 1.79 bits per heavy atom. The number of carbonyl (C=O) groups excluding carboxylic acids is 2. The van der Waals surface area contributed by atoms with Crippen molar-refractivity contribution in [2.24, 2.45) is 0 Å². The number of benzene rings is 3. The van der Waals surface area contributed by atoms with Crippen molar-refractivity contribution >= 4 is 39.0 Å². The van der Waals surface area contributed by atoms with Crippen LogP contribution >= 0.6 is 11.3 Å². The summed E-state index contributed by atoms with van der Waals surface area (Å²) in [6, 6.07) is 19.8. The van der Waals surface area contributed by atoms with E-state index in [-0.39, 0.29) is 24.6 Å².